The van der Waals surface area contributed by atoms with Crippen molar-refractivity contribution in [1.82, 2.24) is 15.0 Å². The normalized spacial score (nSPS) is 10.9. The van der Waals surface area contributed by atoms with Crippen LogP contribution in [0, 0.1) is 0 Å². The van der Waals surface area contributed by atoms with Gasteiger partial charge in [0.15, 0.2) is 5.58 Å². The molecule has 0 aliphatic rings. The van der Waals surface area contributed by atoms with Gasteiger partial charge >= 0.3 is 0 Å². The Morgan fingerprint density at radius 1 is 1.12 bits per heavy atom. The Morgan fingerprint density at radius 3 is 2.79 bits per heavy atom. The fraction of sp³-hybridized carbons (Fsp3) is 0.118. The Labute approximate surface area is 141 Å². The van der Waals surface area contributed by atoms with Crippen LogP contribution in [0.2, 0.25) is 0 Å². The predicted molar refractivity (Wildman–Crippen MR) is 90.2 cm³/mol. The van der Waals surface area contributed by atoms with Crippen LogP contribution in [0.5, 0.6) is 11.5 Å². The number of pyridine rings is 1. The summed E-state index contributed by atoms with van der Waals surface area (Å²) in [5.41, 5.74) is 4.04. The molecule has 0 aliphatic heterocycles. The van der Waals surface area contributed by atoms with E-state index in [0.29, 0.717) is 23.8 Å². The van der Waals surface area contributed by atoms with Crippen LogP contribution in [0.25, 0.3) is 21.9 Å². The van der Waals surface area contributed by atoms with Gasteiger partial charge in [-0.1, -0.05) is 0 Å². The molecule has 0 saturated heterocycles. The van der Waals surface area contributed by atoms with Crippen molar-refractivity contribution in [3.63, 3.8) is 0 Å². The number of methoxy groups -OCH3 is 1. The molecule has 7 heteroatoms. The molecule has 4 aromatic rings. The average molecular weight is 339 g/mol. The summed E-state index contributed by atoms with van der Waals surface area (Å²) in [6.07, 6.45) is 3.41. The third kappa shape index (κ3) is 2.93. The lowest BCUT2D eigenvalue weighted by atomic mass is 10.3. The quantitative estimate of drug-likeness (QED) is 0.548. The summed E-state index contributed by atoms with van der Waals surface area (Å²) in [7, 11) is 1.61. The Morgan fingerprint density at radius 2 is 2.04 bits per heavy atom. The maximum Gasteiger partial charge on any atom is 0.239 e. The van der Waals surface area contributed by atoms with Crippen LogP contribution in [-0.4, -0.2) is 22.1 Å². The number of ether oxygens (including phenoxy) is 2. The van der Waals surface area contributed by atoms with Gasteiger partial charge in [0.2, 0.25) is 5.89 Å². The van der Waals surface area contributed by atoms with Gasteiger partial charge in [-0.25, -0.2) is 4.98 Å². The molecule has 3 heterocycles. The van der Waals surface area contributed by atoms with Crippen molar-refractivity contribution < 1.29 is 13.9 Å². The number of aromatic nitrogens is 3. The zero-order valence-electron chi connectivity index (χ0n) is 12.8. The maximum atomic E-state index is 5.78. The number of hydrogen-bond acceptors (Lipinski definition) is 7. The molecule has 0 bridgehead atoms. The van der Waals surface area contributed by atoms with Gasteiger partial charge in [-0.2, -0.15) is 0 Å². The lowest BCUT2D eigenvalue weighted by Gasteiger charge is -2.06. The summed E-state index contributed by atoms with van der Waals surface area (Å²) in [6.45, 7) is 0.370. The molecule has 0 atom stereocenters. The van der Waals surface area contributed by atoms with Crippen molar-refractivity contribution in [2.24, 2.45) is 0 Å². The number of hydrogen-bond donors (Lipinski definition) is 0. The fourth-order valence-electron chi connectivity index (χ4n) is 2.20. The van der Waals surface area contributed by atoms with E-state index < -0.39 is 0 Å². The number of benzene rings is 1. The third-order valence-corrected chi connectivity index (χ3v) is 4.18. The first-order valence-corrected chi connectivity index (χ1v) is 8.11. The van der Waals surface area contributed by atoms with Crippen molar-refractivity contribution in [3.05, 3.63) is 53.9 Å². The first-order valence-electron chi connectivity index (χ1n) is 7.23. The van der Waals surface area contributed by atoms with Crippen molar-refractivity contribution in [1.29, 1.82) is 0 Å². The first kappa shape index (κ1) is 14.6. The Hall–Kier alpha value is -2.93. The molecule has 0 aliphatic carbocycles. The Bertz CT molecular complexity index is 949. The van der Waals surface area contributed by atoms with Gasteiger partial charge in [0.1, 0.15) is 28.5 Å². The molecule has 120 valence electrons. The van der Waals surface area contributed by atoms with Crippen LogP contribution in [0.4, 0.5) is 0 Å². The lowest BCUT2D eigenvalue weighted by molar-refractivity contribution is 0.301. The first-order chi connectivity index (χ1) is 11.8. The van der Waals surface area contributed by atoms with Gasteiger partial charge in [-0.3, -0.25) is 9.97 Å². The zero-order valence-corrected chi connectivity index (χ0v) is 13.6. The molecule has 24 heavy (non-hydrogen) atoms. The highest BCUT2D eigenvalue weighted by Crippen LogP contribution is 2.28. The molecule has 0 N–H and O–H groups in total. The highest BCUT2D eigenvalue weighted by atomic mass is 32.1. The second kappa shape index (κ2) is 6.29. The minimum atomic E-state index is 0.370. The Kier molecular flexibility index (Phi) is 3.84. The zero-order chi connectivity index (χ0) is 16.4. The van der Waals surface area contributed by atoms with E-state index in [1.807, 2.05) is 30.3 Å². The lowest BCUT2D eigenvalue weighted by Crippen LogP contribution is -1.98. The molecule has 0 saturated carbocycles. The largest absolute Gasteiger partial charge is 0.495 e. The van der Waals surface area contributed by atoms with Crippen molar-refractivity contribution in [3.8, 4) is 22.3 Å². The molecule has 0 radical (unpaired) electrons. The highest BCUT2D eigenvalue weighted by Gasteiger charge is 2.10. The van der Waals surface area contributed by atoms with Crippen LogP contribution in [0.3, 0.4) is 0 Å². The van der Waals surface area contributed by atoms with E-state index in [-0.39, 0.29) is 0 Å². The monoisotopic (exact) mass is 339 g/mol. The number of thiazole rings is 1. The number of oxazole rings is 1. The van der Waals surface area contributed by atoms with Crippen molar-refractivity contribution in [2.75, 3.05) is 7.11 Å². The van der Waals surface area contributed by atoms with Crippen LogP contribution in [0.15, 0.2) is 52.7 Å². The van der Waals surface area contributed by atoms with Crippen molar-refractivity contribution >= 4 is 22.4 Å². The minimum Gasteiger partial charge on any atom is -0.495 e. The number of nitrogens with zero attached hydrogens (tertiary/aromatic N) is 3. The minimum absolute atomic E-state index is 0.370. The smallest absolute Gasteiger partial charge is 0.239 e. The second-order valence-electron chi connectivity index (χ2n) is 4.99. The van der Waals surface area contributed by atoms with E-state index in [2.05, 4.69) is 15.0 Å². The van der Waals surface area contributed by atoms with E-state index in [1.54, 1.807) is 25.0 Å². The topological polar surface area (TPSA) is 70.3 Å². The number of rotatable bonds is 5. The second-order valence-corrected chi connectivity index (χ2v) is 5.88. The van der Waals surface area contributed by atoms with Gasteiger partial charge in [0.25, 0.3) is 0 Å². The maximum absolute atomic E-state index is 5.78. The predicted octanol–water partition coefficient (Wildman–Crippen LogP) is 3.93. The van der Waals surface area contributed by atoms with E-state index in [0.717, 1.165) is 21.8 Å². The fourth-order valence-corrected chi connectivity index (χ4v) is 2.74. The van der Waals surface area contributed by atoms with E-state index in [4.69, 9.17) is 13.9 Å². The molecule has 1 aromatic carbocycles. The molecular formula is C17H13N3O3S. The molecule has 0 fully saturated rings. The standard InChI is InChI=1S/C17H13N3O3S/c1-21-13-3-2-11(19-7-13)9-22-12-4-5-15-14(6-12)20-17(23-15)16-8-18-10-24-16/h2-8,10H,9H2,1H3. The van der Waals surface area contributed by atoms with Gasteiger partial charge in [-0.05, 0) is 24.3 Å². The average Bonchev–Trinajstić information content (AvgIpc) is 3.29. The summed E-state index contributed by atoms with van der Waals surface area (Å²) in [5.74, 6) is 2.00. The number of fused-ring (bicyclic) bond motifs is 1. The van der Waals surface area contributed by atoms with E-state index in [9.17, 15) is 0 Å². The van der Waals surface area contributed by atoms with Gasteiger partial charge < -0.3 is 13.9 Å². The summed E-state index contributed by atoms with van der Waals surface area (Å²) in [6, 6.07) is 9.28. The van der Waals surface area contributed by atoms with Crippen LogP contribution >= 0.6 is 11.3 Å². The molecular weight excluding hydrogens is 326 g/mol. The molecule has 3 aromatic heterocycles. The third-order valence-electron chi connectivity index (χ3n) is 3.42. The SMILES string of the molecule is COc1ccc(COc2ccc3oc(-c4cncs4)nc3c2)nc1. The van der Waals surface area contributed by atoms with Crippen LogP contribution in [-0.2, 0) is 6.61 Å². The van der Waals surface area contributed by atoms with Gasteiger partial charge in [0, 0.05) is 6.07 Å². The molecule has 0 amide bonds. The summed E-state index contributed by atoms with van der Waals surface area (Å²) >= 11 is 1.49. The van der Waals surface area contributed by atoms with Crippen LogP contribution < -0.4 is 9.47 Å². The van der Waals surface area contributed by atoms with Gasteiger partial charge in [-0.15, -0.1) is 11.3 Å². The van der Waals surface area contributed by atoms with Gasteiger partial charge in [0.05, 0.1) is 30.7 Å². The molecule has 6 nitrogen and oxygen atoms in total. The highest BCUT2D eigenvalue weighted by molar-refractivity contribution is 7.13. The summed E-state index contributed by atoms with van der Waals surface area (Å²) in [4.78, 5) is 13.7. The van der Waals surface area contributed by atoms with Crippen molar-refractivity contribution in [2.45, 2.75) is 6.61 Å². The molecule has 0 unspecified atom stereocenters. The molecule has 4 rings (SSSR count). The summed E-state index contributed by atoms with van der Waals surface area (Å²) < 4.78 is 16.6. The molecule has 0 spiro atoms. The van der Waals surface area contributed by atoms with E-state index in [1.165, 1.54) is 11.3 Å². The van der Waals surface area contributed by atoms with Crippen LogP contribution in [0.1, 0.15) is 5.69 Å². The Balaban J connectivity index is 1.51. The summed E-state index contributed by atoms with van der Waals surface area (Å²) in [5, 5.41) is 0. The van der Waals surface area contributed by atoms with E-state index >= 15 is 0 Å².